The van der Waals surface area contributed by atoms with Gasteiger partial charge in [-0.2, -0.15) is 0 Å². The fourth-order valence-corrected chi connectivity index (χ4v) is 2.47. The topological polar surface area (TPSA) is 35.2 Å². The number of benzene rings is 1. The molecule has 0 radical (unpaired) electrons. The summed E-state index contributed by atoms with van der Waals surface area (Å²) in [5, 5.41) is 0.702. The van der Waals surface area contributed by atoms with E-state index in [0.717, 1.165) is 24.2 Å². The third-order valence-corrected chi connectivity index (χ3v) is 3.49. The van der Waals surface area contributed by atoms with E-state index in [9.17, 15) is 0 Å². The van der Waals surface area contributed by atoms with Crippen LogP contribution in [0.15, 0.2) is 29.8 Å². The Morgan fingerprint density at radius 3 is 2.82 bits per heavy atom. The van der Waals surface area contributed by atoms with E-state index in [4.69, 9.17) is 22.1 Å². The maximum absolute atomic E-state index is 6.31. The van der Waals surface area contributed by atoms with Crippen LogP contribution in [0.4, 0.5) is 0 Å². The van der Waals surface area contributed by atoms with Gasteiger partial charge in [0.05, 0.1) is 13.2 Å². The molecule has 2 rings (SSSR count). The van der Waals surface area contributed by atoms with E-state index in [1.54, 1.807) is 7.11 Å². The van der Waals surface area contributed by atoms with Gasteiger partial charge in [-0.05, 0) is 43.9 Å². The Kier molecular flexibility index (Phi) is 4.08. The summed E-state index contributed by atoms with van der Waals surface area (Å²) in [5.41, 5.74) is 8.59. The van der Waals surface area contributed by atoms with E-state index in [1.807, 2.05) is 18.2 Å². The summed E-state index contributed by atoms with van der Waals surface area (Å²) in [6.07, 6.45) is 6.96. The van der Waals surface area contributed by atoms with Crippen LogP contribution >= 0.6 is 11.6 Å². The second-order valence-electron chi connectivity index (χ2n) is 4.39. The molecular weight excluding hydrogens is 234 g/mol. The Labute approximate surface area is 107 Å². The molecule has 0 spiro atoms. The van der Waals surface area contributed by atoms with Crippen LogP contribution in [-0.4, -0.2) is 7.11 Å². The Balaban J connectivity index is 2.31. The second kappa shape index (κ2) is 5.56. The van der Waals surface area contributed by atoms with Gasteiger partial charge >= 0.3 is 0 Å². The smallest absolute Gasteiger partial charge is 0.124 e. The van der Waals surface area contributed by atoms with Crippen molar-refractivity contribution in [2.45, 2.75) is 31.7 Å². The lowest BCUT2D eigenvalue weighted by atomic mass is 9.90. The van der Waals surface area contributed by atoms with Crippen molar-refractivity contribution < 1.29 is 4.74 Å². The Hall–Kier alpha value is -0.990. The van der Waals surface area contributed by atoms with Crippen molar-refractivity contribution in [3.63, 3.8) is 0 Å². The quantitative estimate of drug-likeness (QED) is 0.829. The van der Waals surface area contributed by atoms with Gasteiger partial charge in [-0.15, -0.1) is 0 Å². The summed E-state index contributed by atoms with van der Waals surface area (Å²) >= 11 is 6.03. The van der Waals surface area contributed by atoms with Crippen LogP contribution in [0.2, 0.25) is 5.02 Å². The monoisotopic (exact) mass is 251 g/mol. The SMILES string of the molecule is COc1ccc(Cl)cc1C(N)C1=CCCCC1. The minimum Gasteiger partial charge on any atom is -0.496 e. The maximum atomic E-state index is 6.31. The first-order valence-electron chi connectivity index (χ1n) is 6.00. The number of hydrogen-bond donors (Lipinski definition) is 1. The highest BCUT2D eigenvalue weighted by atomic mass is 35.5. The largest absolute Gasteiger partial charge is 0.496 e. The van der Waals surface area contributed by atoms with Gasteiger partial charge in [-0.25, -0.2) is 0 Å². The van der Waals surface area contributed by atoms with Gasteiger partial charge in [-0.1, -0.05) is 23.3 Å². The summed E-state index contributed by atoms with van der Waals surface area (Å²) in [6.45, 7) is 0. The van der Waals surface area contributed by atoms with Crippen LogP contribution in [0.5, 0.6) is 5.75 Å². The van der Waals surface area contributed by atoms with Crippen molar-refractivity contribution in [3.05, 3.63) is 40.4 Å². The first-order chi connectivity index (χ1) is 8.22. The van der Waals surface area contributed by atoms with Gasteiger partial charge in [0.1, 0.15) is 5.75 Å². The van der Waals surface area contributed by atoms with Gasteiger partial charge in [0.2, 0.25) is 0 Å². The summed E-state index contributed by atoms with van der Waals surface area (Å²) in [5.74, 6) is 0.813. The molecule has 0 heterocycles. The molecule has 1 aliphatic carbocycles. The third kappa shape index (κ3) is 2.82. The number of rotatable bonds is 3. The van der Waals surface area contributed by atoms with Crippen molar-refractivity contribution in [2.75, 3.05) is 7.11 Å². The van der Waals surface area contributed by atoms with Crippen molar-refractivity contribution >= 4 is 11.6 Å². The summed E-state index contributed by atoms with van der Waals surface area (Å²) < 4.78 is 5.35. The van der Waals surface area contributed by atoms with E-state index >= 15 is 0 Å². The average molecular weight is 252 g/mol. The molecule has 92 valence electrons. The Bertz CT molecular complexity index is 428. The number of hydrogen-bond acceptors (Lipinski definition) is 2. The molecule has 0 amide bonds. The number of allylic oxidation sites excluding steroid dienone is 1. The third-order valence-electron chi connectivity index (χ3n) is 3.25. The van der Waals surface area contributed by atoms with Gasteiger partial charge in [0.25, 0.3) is 0 Å². The number of nitrogens with two attached hydrogens (primary N) is 1. The molecule has 1 unspecified atom stereocenters. The molecule has 3 heteroatoms. The first kappa shape index (κ1) is 12.5. The molecule has 0 fully saturated rings. The molecule has 1 aliphatic rings. The molecule has 2 N–H and O–H groups in total. The first-order valence-corrected chi connectivity index (χ1v) is 6.38. The van der Waals surface area contributed by atoms with Crippen molar-refractivity contribution in [2.24, 2.45) is 5.73 Å². The van der Waals surface area contributed by atoms with Gasteiger partial charge in [0, 0.05) is 10.6 Å². The molecule has 2 nitrogen and oxygen atoms in total. The van der Waals surface area contributed by atoms with Crippen molar-refractivity contribution in [3.8, 4) is 5.75 Å². The van der Waals surface area contributed by atoms with E-state index < -0.39 is 0 Å². The molecule has 1 atom stereocenters. The average Bonchev–Trinajstić information content (AvgIpc) is 2.39. The molecule has 1 aromatic carbocycles. The molecular formula is C14H18ClNO. The molecule has 0 aromatic heterocycles. The summed E-state index contributed by atoms with van der Waals surface area (Å²) in [7, 11) is 1.66. The Morgan fingerprint density at radius 2 is 2.18 bits per heavy atom. The van der Waals surface area contributed by atoms with E-state index in [-0.39, 0.29) is 6.04 Å². The molecule has 1 aromatic rings. The van der Waals surface area contributed by atoms with Crippen LogP contribution in [0.1, 0.15) is 37.3 Å². The minimum absolute atomic E-state index is 0.0936. The highest BCUT2D eigenvalue weighted by Crippen LogP contribution is 2.34. The van der Waals surface area contributed by atoms with Gasteiger partial charge in [0.15, 0.2) is 0 Å². The predicted molar refractivity (Wildman–Crippen MR) is 71.5 cm³/mol. The van der Waals surface area contributed by atoms with Crippen LogP contribution in [-0.2, 0) is 0 Å². The van der Waals surface area contributed by atoms with Crippen LogP contribution < -0.4 is 10.5 Å². The highest BCUT2D eigenvalue weighted by Gasteiger charge is 2.18. The van der Waals surface area contributed by atoms with E-state index in [0.29, 0.717) is 5.02 Å². The lowest BCUT2D eigenvalue weighted by Gasteiger charge is -2.21. The standard InChI is InChI=1S/C14H18ClNO/c1-17-13-8-7-11(15)9-12(13)14(16)10-5-3-2-4-6-10/h5,7-9,14H,2-4,6,16H2,1H3. The normalized spacial score (nSPS) is 17.5. The van der Waals surface area contributed by atoms with E-state index in [2.05, 4.69) is 6.08 Å². The molecule has 0 aliphatic heterocycles. The summed E-state index contributed by atoms with van der Waals surface area (Å²) in [4.78, 5) is 0. The van der Waals surface area contributed by atoms with Crippen LogP contribution in [0, 0.1) is 0 Å². The zero-order valence-corrected chi connectivity index (χ0v) is 10.8. The number of methoxy groups -OCH3 is 1. The van der Waals surface area contributed by atoms with E-state index in [1.165, 1.54) is 18.4 Å². The second-order valence-corrected chi connectivity index (χ2v) is 4.83. The highest BCUT2D eigenvalue weighted by molar-refractivity contribution is 6.30. The molecule has 17 heavy (non-hydrogen) atoms. The zero-order chi connectivity index (χ0) is 12.3. The molecule has 0 saturated carbocycles. The lowest BCUT2D eigenvalue weighted by molar-refractivity contribution is 0.407. The number of halogens is 1. The molecule has 0 bridgehead atoms. The maximum Gasteiger partial charge on any atom is 0.124 e. The summed E-state index contributed by atoms with van der Waals surface area (Å²) in [6, 6.07) is 5.51. The fourth-order valence-electron chi connectivity index (χ4n) is 2.29. The van der Waals surface area contributed by atoms with Crippen molar-refractivity contribution in [1.29, 1.82) is 0 Å². The number of ether oxygens (including phenoxy) is 1. The van der Waals surface area contributed by atoms with Crippen LogP contribution in [0.3, 0.4) is 0 Å². The van der Waals surface area contributed by atoms with Crippen molar-refractivity contribution in [1.82, 2.24) is 0 Å². The van der Waals surface area contributed by atoms with Gasteiger partial charge < -0.3 is 10.5 Å². The zero-order valence-electron chi connectivity index (χ0n) is 10.1. The fraction of sp³-hybridized carbons (Fsp3) is 0.429. The van der Waals surface area contributed by atoms with Crippen LogP contribution in [0.25, 0.3) is 0 Å². The molecule has 0 saturated heterocycles. The Morgan fingerprint density at radius 1 is 1.35 bits per heavy atom. The lowest BCUT2D eigenvalue weighted by Crippen LogP contribution is -2.15. The minimum atomic E-state index is -0.0936. The predicted octanol–water partition coefficient (Wildman–Crippen LogP) is 3.85. The van der Waals surface area contributed by atoms with Gasteiger partial charge in [-0.3, -0.25) is 0 Å².